The second-order valence-corrected chi connectivity index (χ2v) is 5.70. The molecule has 1 heterocycles. The van der Waals surface area contributed by atoms with E-state index in [1.54, 1.807) is 6.07 Å². The Morgan fingerprint density at radius 1 is 1.25 bits per heavy atom. The topological polar surface area (TPSA) is 35.2 Å². The van der Waals surface area contributed by atoms with Crippen LogP contribution < -0.4 is 10.5 Å². The number of rotatable bonds is 1. The molecule has 0 aromatic heterocycles. The second-order valence-electron chi connectivity index (χ2n) is 5.70. The van der Waals surface area contributed by atoms with E-state index in [2.05, 4.69) is 19.1 Å². The predicted octanol–water partition coefficient (Wildman–Crippen LogP) is 3.83. The Labute approximate surface area is 118 Å². The minimum atomic E-state index is -0.476. The van der Waals surface area contributed by atoms with Crippen LogP contribution in [0.1, 0.15) is 36.1 Å². The van der Waals surface area contributed by atoms with Gasteiger partial charge in [-0.25, -0.2) is 4.39 Å². The van der Waals surface area contributed by atoms with Crippen LogP contribution in [0.3, 0.4) is 0 Å². The molecule has 20 heavy (non-hydrogen) atoms. The number of benzene rings is 2. The summed E-state index contributed by atoms with van der Waals surface area (Å²) in [6.45, 7) is 4.09. The zero-order chi connectivity index (χ0) is 14.3. The van der Waals surface area contributed by atoms with Crippen molar-refractivity contribution in [2.45, 2.75) is 31.9 Å². The molecule has 0 saturated heterocycles. The average molecular weight is 271 g/mol. The van der Waals surface area contributed by atoms with Gasteiger partial charge >= 0.3 is 0 Å². The van der Waals surface area contributed by atoms with E-state index in [0.717, 1.165) is 11.1 Å². The highest BCUT2D eigenvalue weighted by Gasteiger charge is 2.37. The van der Waals surface area contributed by atoms with E-state index in [9.17, 15) is 4.39 Å². The average Bonchev–Trinajstić information content (AvgIpc) is 2.40. The Kier molecular flexibility index (Phi) is 3.02. The van der Waals surface area contributed by atoms with Gasteiger partial charge in [-0.05, 0) is 37.6 Å². The molecule has 0 fully saturated rings. The Balaban J connectivity index is 2.04. The van der Waals surface area contributed by atoms with E-state index in [1.807, 2.05) is 19.1 Å². The van der Waals surface area contributed by atoms with Crippen molar-refractivity contribution in [3.05, 3.63) is 65.0 Å². The van der Waals surface area contributed by atoms with E-state index in [-0.39, 0.29) is 11.9 Å². The van der Waals surface area contributed by atoms with Crippen LogP contribution >= 0.6 is 0 Å². The number of nitrogens with two attached hydrogens (primary N) is 1. The summed E-state index contributed by atoms with van der Waals surface area (Å²) in [5, 5.41) is 0. The van der Waals surface area contributed by atoms with Crippen LogP contribution in [-0.4, -0.2) is 0 Å². The van der Waals surface area contributed by atoms with Crippen molar-refractivity contribution in [1.29, 1.82) is 0 Å². The van der Waals surface area contributed by atoms with Gasteiger partial charge in [0.05, 0.1) is 0 Å². The summed E-state index contributed by atoms with van der Waals surface area (Å²) in [4.78, 5) is 0. The van der Waals surface area contributed by atoms with Crippen molar-refractivity contribution in [2.24, 2.45) is 5.73 Å². The smallest absolute Gasteiger partial charge is 0.133 e. The molecule has 3 rings (SSSR count). The lowest BCUT2D eigenvalue weighted by atomic mass is 9.83. The zero-order valence-electron chi connectivity index (χ0n) is 11.7. The molecular formula is C17H18FNO. The van der Waals surface area contributed by atoms with Gasteiger partial charge in [-0.1, -0.05) is 29.8 Å². The fourth-order valence-electron chi connectivity index (χ4n) is 2.87. The van der Waals surface area contributed by atoms with E-state index < -0.39 is 5.60 Å². The molecule has 104 valence electrons. The van der Waals surface area contributed by atoms with Gasteiger partial charge < -0.3 is 10.5 Å². The molecule has 0 radical (unpaired) electrons. The number of fused-ring (bicyclic) bond motifs is 1. The Bertz CT molecular complexity index is 655. The van der Waals surface area contributed by atoms with Gasteiger partial charge in [-0.3, -0.25) is 0 Å². The molecule has 1 aliphatic heterocycles. The molecule has 2 N–H and O–H groups in total. The molecule has 0 amide bonds. The molecular weight excluding hydrogens is 253 g/mol. The molecule has 2 nitrogen and oxygen atoms in total. The molecule has 1 aliphatic rings. The highest BCUT2D eigenvalue weighted by atomic mass is 19.1. The van der Waals surface area contributed by atoms with Gasteiger partial charge in [-0.15, -0.1) is 0 Å². The molecule has 0 saturated carbocycles. The number of ether oxygens (including phenoxy) is 1. The molecule has 2 aromatic carbocycles. The van der Waals surface area contributed by atoms with Gasteiger partial charge in [0, 0.05) is 18.0 Å². The lowest BCUT2D eigenvalue weighted by Crippen LogP contribution is -2.38. The standard InChI is InChI=1S/C17H18FNO/c1-11-4-3-5-12(8-11)17(2)10-15(19)14-9-13(18)6-7-16(14)20-17/h3-9,15H,10,19H2,1-2H3/t15-,17?/m1/s1. The normalized spacial score (nSPS) is 24.9. The molecule has 0 aliphatic carbocycles. The van der Waals surface area contributed by atoms with Gasteiger partial charge in [0.1, 0.15) is 17.2 Å². The second kappa shape index (κ2) is 4.60. The molecule has 0 bridgehead atoms. The van der Waals surface area contributed by atoms with Crippen LogP contribution in [0.15, 0.2) is 42.5 Å². The SMILES string of the molecule is Cc1cccc(C2(C)C[C@@H](N)c3cc(F)ccc3O2)c1. The first-order valence-electron chi connectivity index (χ1n) is 6.79. The number of hydrogen-bond donors (Lipinski definition) is 1. The quantitative estimate of drug-likeness (QED) is 0.855. The third kappa shape index (κ3) is 2.18. The summed E-state index contributed by atoms with van der Waals surface area (Å²) in [6.07, 6.45) is 0.632. The summed E-state index contributed by atoms with van der Waals surface area (Å²) in [5.41, 5.74) is 8.77. The van der Waals surface area contributed by atoms with Crippen LogP contribution in [0.4, 0.5) is 4.39 Å². The Morgan fingerprint density at radius 3 is 2.80 bits per heavy atom. The van der Waals surface area contributed by atoms with Crippen molar-refractivity contribution < 1.29 is 9.13 Å². The highest BCUT2D eigenvalue weighted by Crippen LogP contribution is 2.43. The monoisotopic (exact) mass is 271 g/mol. The van der Waals surface area contributed by atoms with Crippen molar-refractivity contribution >= 4 is 0 Å². The Morgan fingerprint density at radius 2 is 2.05 bits per heavy atom. The number of halogens is 1. The largest absolute Gasteiger partial charge is 0.482 e. The van der Waals surface area contributed by atoms with Crippen molar-refractivity contribution in [3.8, 4) is 5.75 Å². The summed E-state index contributed by atoms with van der Waals surface area (Å²) in [6, 6.07) is 12.6. The van der Waals surface area contributed by atoms with Crippen LogP contribution in [0.5, 0.6) is 5.75 Å². The van der Waals surface area contributed by atoms with Crippen molar-refractivity contribution in [1.82, 2.24) is 0 Å². The number of aryl methyl sites for hydroxylation is 1. The summed E-state index contributed by atoms with van der Waals surface area (Å²) < 4.78 is 19.5. The van der Waals surface area contributed by atoms with Gasteiger partial charge in [0.25, 0.3) is 0 Å². The van der Waals surface area contributed by atoms with Crippen LogP contribution in [0.25, 0.3) is 0 Å². The fraction of sp³-hybridized carbons (Fsp3) is 0.294. The molecule has 0 spiro atoms. The van der Waals surface area contributed by atoms with Crippen molar-refractivity contribution in [3.63, 3.8) is 0 Å². The minimum absolute atomic E-state index is 0.222. The van der Waals surface area contributed by atoms with E-state index >= 15 is 0 Å². The van der Waals surface area contributed by atoms with E-state index in [1.165, 1.54) is 17.7 Å². The third-order valence-corrected chi connectivity index (χ3v) is 3.94. The fourth-order valence-corrected chi connectivity index (χ4v) is 2.87. The summed E-state index contributed by atoms with van der Waals surface area (Å²) >= 11 is 0. The molecule has 3 heteroatoms. The first kappa shape index (κ1) is 13.1. The van der Waals surface area contributed by atoms with E-state index in [0.29, 0.717) is 12.2 Å². The highest BCUT2D eigenvalue weighted by molar-refractivity contribution is 5.41. The zero-order valence-corrected chi connectivity index (χ0v) is 11.7. The maximum atomic E-state index is 13.3. The Hall–Kier alpha value is -1.87. The summed E-state index contributed by atoms with van der Waals surface area (Å²) in [7, 11) is 0. The molecule has 2 aromatic rings. The lowest BCUT2D eigenvalue weighted by molar-refractivity contribution is 0.0508. The first-order valence-corrected chi connectivity index (χ1v) is 6.79. The van der Waals surface area contributed by atoms with Gasteiger partial charge in [0.15, 0.2) is 0 Å². The van der Waals surface area contributed by atoms with Crippen LogP contribution in [-0.2, 0) is 5.60 Å². The number of hydrogen-bond acceptors (Lipinski definition) is 2. The summed E-state index contributed by atoms with van der Waals surface area (Å²) in [5.74, 6) is 0.399. The predicted molar refractivity (Wildman–Crippen MR) is 77.1 cm³/mol. The van der Waals surface area contributed by atoms with Crippen LogP contribution in [0.2, 0.25) is 0 Å². The maximum Gasteiger partial charge on any atom is 0.133 e. The van der Waals surface area contributed by atoms with Gasteiger partial charge in [0.2, 0.25) is 0 Å². The minimum Gasteiger partial charge on any atom is -0.482 e. The molecule has 1 unspecified atom stereocenters. The first-order chi connectivity index (χ1) is 9.48. The lowest BCUT2D eigenvalue weighted by Gasteiger charge is -2.39. The third-order valence-electron chi connectivity index (χ3n) is 3.94. The molecule has 2 atom stereocenters. The van der Waals surface area contributed by atoms with Gasteiger partial charge in [-0.2, -0.15) is 0 Å². The van der Waals surface area contributed by atoms with Crippen LogP contribution in [0, 0.1) is 12.7 Å². The van der Waals surface area contributed by atoms with E-state index in [4.69, 9.17) is 10.5 Å². The maximum absolute atomic E-state index is 13.3. The van der Waals surface area contributed by atoms with Crippen molar-refractivity contribution in [2.75, 3.05) is 0 Å².